The van der Waals surface area contributed by atoms with Crippen LogP contribution in [0.2, 0.25) is 0 Å². The highest BCUT2D eigenvalue weighted by atomic mass is 32.1. The Morgan fingerprint density at radius 1 is 1.25 bits per heavy atom. The van der Waals surface area contributed by atoms with Crippen LogP contribution in [0.1, 0.15) is 23.8 Å². The van der Waals surface area contributed by atoms with E-state index in [1.54, 1.807) is 23.5 Å². The molecule has 2 heterocycles. The fraction of sp³-hybridized carbons (Fsp3) is 0.300. The maximum Gasteiger partial charge on any atom is 0.279 e. The minimum Gasteiger partial charge on any atom is -0.327 e. The molecule has 1 aromatic heterocycles. The van der Waals surface area contributed by atoms with Crippen LogP contribution in [0.25, 0.3) is 10.2 Å². The van der Waals surface area contributed by atoms with Crippen molar-refractivity contribution in [1.82, 2.24) is 4.98 Å². The molecular weight excluding hydrogens is 376 g/mol. The van der Waals surface area contributed by atoms with Crippen molar-refractivity contribution in [3.8, 4) is 0 Å². The Balaban J connectivity index is 1.36. The van der Waals surface area contributed by atoms with E-state index in [2.05, 4.69) is 11.4 Å². The first-order chi connectivity index (χ1) is 13.6. The molecule has 0 spiro atoms. The third-order valence-electron chi connectivity index (χ3n) is 5.05. The zero-order valence-electron chi connectivity index (χ0n) is 15.3. The Morgan fingerprint density at radius 2 is 2.04 bits per heavy atom. The zero-order valence-corrected chi connectivity index (χ0v) is 16.1. The molecule has 0 radical (unpaired) electrons. The van der Waals surface area contributed by atoms with Crippen LogP contribution in [-0.4, -0.2) is 35.4 Å². The molecule has 1 saturated heterocycles. The van der Waals surface area contributed by atoms with Crippen LogP contribution in [-0.2, 0) is 4.79 Å². The monoisotopic (exact) mass is 397 g/mol. The number of rotatable bonds is 5. The number of fused-ring (bicyclic) bond motifs is 1. The first kappa shape index (κ1) is 18.5. The van der Waals surface area contributed by atoms with Gasteiger partial charge in [-0.05, 0) is 37.1 Å². The molecule has 1 aliphatic rings. The number of hydrogen-bond donors (Lipinski definition) is 2. The topological polar surface area (TPSA) is 89.6 Å². The highest BCUT2D eigenvalue weighted by Crippen LogP contribution is 2.30. The number of amides is 1. The van der Waals surface area contributed by atoms with Gasteiger partial charge in [0.25, 0.3) is 11.6 Å². The third kappa shape index (κ3) is 4.18. The molecule has 1 amide bonds. The normalized spacial score (nSPS) is 19.4. The van der Waals surface area contributed by atoms with Crippen molar-refractivity contribution < 1.29 is 14.6 Å². The molecule has 0 aliphatic carbocycles. The van der Waals surface area contributed by atoms with Crippen LogP contribution in [0.4, 0.5) is 11.4 Å². The summed E-state index contributed by atoms with van der Waals surface area (Å²) in [5, 5.41) is 14.7. The SMILES string of the molecule is O=C(C[NH+]1CCC[C@@H](c2nc3ccccc3s2)C1)Nc1ccc([N+](=O)[O-])cc1. The second-order valence-corrected chi connectivity index (χ2v) is 8.15. The van der Waals surface area contributed by atoms with Crippen molar-refractivity contribution in [1.29, 1.82) is 0 Å². The second-order valence-electron chi connectivity index (χ2n) is 7.09. The Kier molecular flexibility index (Phi) is 5.31. The highest BCUT2D eigenvalue weighted by molar-refractivity contribution is 7.18. The number of nitro groups is 1. The van der Waals surface area contributed by atoms with E-state index in [0.717, 1.165) is 36.5 Å². The van der Waals surface area contributed by atoms with Crippen molar-refractivity contribution >= 4 is 38.8 Å². The number of piperidine rings is 1. The molecule has 3 aromatic rings. The molecule has 0 bridgehead atoms. The van der Waals surface area contributed by atoms with Gasteiger partial charge in [0.05, 0.1) is 34.1 Å². The summed E-state index contributed by atoms with van der Waals surface area (Å²) in [5.41, 5.74) is 1.64. The summed E-state index contributed by atoms with van der Waals surface area (Å²) in [6, 6.07) is 14.1. The van der Waals surface area contributed by atoms with Crippen LogP contribution in [0.3, 0.4) is 0 Å². The lowest BCUT2D eigenvalue weighted by Gasteiger charge is -2.28. The first-order valence-corrected chi connectivity index (χ1v) is 10.1. The Labute approximate surface area is 166 Å². The van der Waals surface area contributed by atoms with E-state index >= 15 is 0 Å². The van der Waals surface area contributed by atoms with Gasteiger partial charge in [0.1, 0.15) is 5.01 Å². The molecule has 8 heteroatoms. The summed E-state index contributed by atoms with van der Waals surface area (Å²) >= 11 is 1.75. The molecule has 28 heavy (non-hydrogen) atoms. The summed E-state index contributed by atoms with van der Waals surface area (Å²) in [4.78, 5) is 28.7. The molecule has 4 rings (SSSR count). The van der Waals surface area contributed by atoms with Crippen molar-refractivity contribution in [3.63, 3.8) is 0 Å². The lowest BCUT2D eigenvalue weighted by Crippen LogP contribution is -3.14. The van der Waals surface area contributed by atoms with Gasteiger partial charge in [-0.15, -0.1) is 11.3 Å². The molecular formula is C20H21N4O3S+. The van der Waals surface area contributed by atoms with Crippen molar-refractivity contribution in [2.24, 2.45) is 0 Å². The van der Waals surface area contributed by atoms with E-state index in [9.17, 15) is 14.9 Å². The molecule has 144 valence electrons. The van der Waals surface area contributed by atoms with Crippen LogP contribution in [0.5, 0.6) is 0 Å². The molecule has 2 aromatic carbocycles. The molecule has 2 N–H and O–H groups in total. The van der Waals surface area contributed by atoms with Gasteiger partial charge in [-0.2, -0.15) is 0 Å². The number of non-ortho nitro benzene ring substituents is 1. The van der Waals surface area contributed by atoms with E-state index in [-0.39, 0.29) is 11.6 Å². The average molecular weight is 397 g/mol. The van der Waals surface area contributed by atoms with Gasteiger partial charge in [-0.25, -0.2) is 4.98 Å². The van der Waals surface area contributed by atoms with E-state index in [4.69, 9.17) is 4.98 Å². The number of aromatic nitrogens is 1. The zero-order chi connectivity index (χ0) is 19.5. The lowest BCUT2D eigenvalue weighted by atomic mass is 9.99. The maximum absolute atomic E-state index is 12.4. The summed E-state index contributed by atoms with van der Waals surface area (Å²) in [7, 11) is 0. The number of benzene rings is 2. The number of anilines is 1. The number of carbonyl (C=O) groups is 1. The number of hydrogen-bond acceptors (Lipinski definition) is 5. The summed E-state index contributed by atoms with van der Waals surface area (Å²) in [6.45, 7) is 2.25. The Hall–Kier alpha value is -2.84. The minimum atomic E-state index is -0.453. The molecule has 2 atom stereocenters. The van der Waals surface area contributed by atoms with Gasteiger partial charge in [-0.1, -0.05) is 12.1 Å². The summed E-state index contributed by atoms with van der Waals surface area (Å²) in [6.07, 6.45) is 2.17. The quantitative estimate of drug-likeness (QED) is 0.512. The molecule has 7 nitrogen and oxygen atoms in total. The van der Waals surface area contributed by atoms with Crippen molar-refractivity contribution in [2.75, 3.05) is 25.0 Å². The van der Waals surface area contributed by atoms with Crippen LogP contribution in [0.15, 0.2) is 48.5 Å². The summed E-state index contributed by atoms with van der Waals surface area (Å²) in [5.74, 6) is 0.308. The minimum absolute atomic E-state index is 0.0123. The molecule has 1 unspecified atom stereocenters. The van der Waals surface area contributed by atoms with E-state index < -0.39 is 4.92 Å². The van der Waals surface area contributed by atoms with Crippen molar-refractivity contribution in [2.45, 2.75) is 18.8 Å². The van der Waals surface area contributed by atoms with E-state index in [1.165, 1.54) is 21.7 Å². The first-order valence-electron chi connectivity index (χ1n) is 9.32. The van der Waals surface area contributed by atoms with Gasteiger partial charge in [0.2, 0.25) is 0 Å². The van der Waals surface area contributed by atoms with Gasteiger partial charge in [-0.3, -0.25) is 14.9 Å². The molecule has 1 fully saturated rings. The van der Waals surface area contributed by atoms with Gasteiger partial charge >= 0.3 is 0 Å². The Bertz CT molecular complexity index is 969. The predicted molar refractivity (Wildman–Crippen MR) is 109 cm³/mol. The van der Waals surface area contributed by atoms with Crippen molar-refractivity contribution in [3.05, 3.63) is 63.7 Å². The summed E-state index contributed by atoms with van der Waals surface area (Å²) < 4.78 is 1.21. The van der Waals surface area contributed by atoms with E-state index in [0.29, 0.717) is 18.2 Å². The largest absolute Gasteiger partial charge is 0.327 e. The number of nitro benzene ring substituents is 1. The standard InChI is InChI=1S/C20H20N4O3S/c25-19(21-15-7-9-16(10-8-15)24(26)27)13-23-11-3-4-14(12-23)20-22-17-5-1-2-6-18(17)28-20/h1-2,5-10,14H,3-4,11-13H2,(H,21,25)/p+1/t14-/m1/s1. The fourth-order valence-electron chi connectivity index (χ4n) is 3.69. The van der Waals surface area contributed by atoms with Gasteiger partial charge in [0, 0.05) is 17.8 Å². The number of quaternary nitrogens is 1. The highest BCUT2D eigenvalue weighted by Gasteiger charge is 2.28. The predicted octanol–water partition coefficient (Wildman–Crippen LogP) is 2.61. The molecule has 0 saturated carbocycles. The smallest absolute Gasteiger partial charge is 0.279 e. The Morgan fingerprint density at radius 3 is 2.79 bits per heavy atom. The lowest BCUT2D eigenvalue weighted by molar-refractivity contribution is -0.898. The number of nitrogens with one attached hydrogen (secondary N) is 2. The van der Waals surface area contributed by atoms with Gasteiger partial charge in [0.15, 0.2) is 6.54 Å². The van der Waals surface area contributed by atoms with Crippen LogP contribution in [0, 0.1) is 10.1 Å². The number of thiazole rings is 1. The maximum atomic E-state index is 12.4. The number of nitrogens with zero attached hydrogens (tertiary/aromatic N) is 2. The second kappa shape index (κ2) is 8.04. The molecule has 1 aliphatic heterocycles. The van der Waals surface area contributed by atoms with E-state index in [1.807, 2.05) is 18.2 Å². The number of carbonyl (C=O) groups excluding carboxylic acids is 1. The third-order valence-corrected chi connectivity index (χ3v) is 6.25. The van der Waals surface area contributed by atoms with Crippen LogP contribution >= 0.6 is 11.3 Å². The van der Waals surface area contributed by atoms with Gasteiger partial charge < -0.3 is 10.2 Å². The fourth-order valence-corrected chi connectivity index (χ4v) is 4.79. The van der Waals surface area contributed by atoms with Crippen LogP contribution < -0.4 is 10.2 Å². The number of likely N-dealkylation sites (tertiary alicyclic amines) is 1. The average Bonchev–Trinajstić information content (AvgIpc) is 3.13. The number of para-hydroxylation sites is 1.